The third kappa shape index (κ3) is 3.20. The largest absolute Gasteiger partial charge is 0.488 e. The third-order valence-electron chi connectivity index (χ3n) is 2.81. The highest BCUT2D eigenvalue weighted by atomic mass is 16.6. The lowest BCUT2D eigenvalue weighted by atomic mass is 10.1. The zero-order chi connectivity index (χ0) is 14.5. The molecule has 2 rings (SSSR count). The van der Waals surface area contributed by atoms with Crippen molar-refractivity contribution in [2.45, 2.75) is 13.5 Å². The summed E-state index contributed by atoms with van der Waals surface area (Å²) in [5.74, 6) is 0.340. The lowest BCUT2D eigenvalue weighted by molar-refractivity contribution is -0.384. The molecule has 0 atom stereocenters. The maximum absolute atomic E-state index is 11.0. The van der Waals surface area contributed by atoms with Gasteiger partial charge in [0.05, 0.1) is 10.5 Å². The molecule has 0 spiro atoms. The third-order valence-corrected chi connectivity index (χ3v) is 2.81. The molecule has 5 nitrogen and oxygen atoms in total. The SMILES string of the molecule is Cc1cccc(COc2ccc([N+](=O)[O-])cc2C=O)c1. The molecule has 0 saturated heterocycles. The van der Waals surface area contributed by atoms with Gasteiger partial charge < -0.3 is 4.74 Å². The summed E-state index contributed by atoms with van der Waals surface area (Å²) in [6.07, 6.45) is 0.554. The first-order chi connectivity index (χ1) is 9.60. The van der Waals surface area contributed by atoms with E-state index >= 15 is 0 Å². The van der Waals surface area contributed by atoms with Gasteiger partial charge in [0.25, 0.3) is 5.69 Å². The van der Waals surface area contributed by atoms with Gasteiger partial charge in [-0.25, -0.2) is 0 Å². The highest BCUT2D eigenvalue weighted by Gasteiger charge is 2.11. The van der Waals surface area contributed by atoms with Gasteiger partial charge in [-0.05, 0) is 18.6 Å². The van der Waals surface area contributed by atoms with Crippen LogP contribution in [0.1, 0.15) is 21.5 Å². The average molecular weight is 271 g/mol. The number of nitro benzene ring substituents is 1. The van der Waals surface area contributed by atoms with Gasteiger partial charge in [0, 0.05) is 12.1 Å². The summed E-state index contributed by atoms with van der Waals surface area (Å²) in [6.45, 7) is 2.28. The van der Waals surface area contributed by atoms with Gasteiger partial charge in [0.15, 0.2) is 6.29 Å². The number of benzene rings is 2. The maximum atomic E-state index is 11.0. The van der Waals surface area contributed by atoms with Crippen LogP contribution in [0.15, 0.2) is 42.5 Å². The van der Waals surface area contributed by atoms with Gasteiger partial charge in [-0.3, -0.25) is 14.9 Å². The molecular weight excluding hydrogens is 258 g/mol. The van der Waals surface area contributed by atoms with Crippen molar-refractivity contribution in [3.05, 3.63) is 69.3 Å². The zero-order valence-electron chi connectivity index (χ0n) is 10.9. The molecule has 5 heteroatoms. The molecule has 0 aromatic heterocycles. The van der Waals surface area contributed by atoms with Crippen LogP contribution in [0, 0.1) is 17.0 Å². The molecule has 20 heavy (non-hydrogen) atoms. The van der Waals surface area contributed by atoms with E-state index in [-0.39, 0.29) is 11.3 Å². The van der Waals surface area contributed by atoms with Crippen LogP contribution >= 0.6 is 0 Å². The number of non-ortho nitro benzene ring substituents is 1. The van der Waals surface area contributed by atoms with Crippen molar-refractivity contribution in [1.82, 2.24) is 0 Å². The number of hydrogen-bond acceptors (Lipinski definition) is 4. The van der Waals surface area contributed by atoms with Crippen molar-refractivity contribution in [2.75, 3.05) is 0 Å². The summed E-state index contributed by atoms with van der Waals surface area (Å²) in [6, 6.07) is 11.8. The van der Waals surface area contributed by atoms with Gasteiger partial charge in [-0.1, -0.05) is 29.8 Å². The Morgan fingerprint density at radius 3 is 2.70 bits per heavy atom. The van der Waals surface area contributed by atoms with E-state index in [1.807, 2.05) is 31.2 Å². The molecule has 0 amide bonds. The maximum Gasteiger partial charge on any atom is 0.270 e. The summed E-state index contributed by atoms with van der Waals surface area (Å²) in [7, 11) is 0. The molecule has 2 aromatic carbocycles. The van der Waals surface area contributed by atoms with E-state index < -0.39 is 4.92 Å². The lowest BCUT2D eigenvalue weighted by Crippen LogP contribution is -1.99. The molecule has 0 aliphatic carbocycles. The first-order valence-corrected chi connectivity index (χ1v) is 6.02. The number of carbonyl (C=O) groups excluding carboxylic acids is 1. The summed E-state index contributed by atoms with van der Waals surface area (Å²) in [4.78, 5) is 21.1. The lowest BCUT2D eigenvalue weighted by Gasteiger charge is -2.08. The smallest absolute Gasteiger partial charge is 0.270 e. The van der Waals surface area contributed by atoms with E-state index in [9.17, 15) is 14.9 Å². The minimum atomic E-state index is -0.544. The Kier molecular flexibility index (Phi) is 4.10. The van der Waals surface area contributed by atoms with Crippen molar-refractivity contribution in [3.8, 4) is 5.75 Å². The monoisotopic (exact) mass is 271 g/mol. The van der Waals surface area contributed by atoms with Gasteiger partial charge in [0.1, 0.15) is 12.4 Å². The number of ether oxygens (including phenoxy) is 1. The van der Waals surface area contributed by atoms with Crippen LogP contribution in [0.4, 0.5) is 5.69 Å². The zero-order valence-corrected chi connectivity index (χ0v) is 10.9. The summed E-state index contributed by atoms with van der Waals surface area (Å²) < 4.78 is 5.55. The molecule has 0 radical (unpaired) electrons. The number of aldehydes is 1. The van der Waals surface area contributed by atoms with Gasteiger partial charge in [-0.15, -0.1) is 0 Å². The molecule has 0 N–H and O–H groups in total. The topological polar surface area (TPSA) is 69.4 Å². The highest BCUT2D eigenvalue weighted by Crippen LogP contribution is 2.23. The molecule has 0 saturated carbocycles. The number of nitro groups is 1. The summed E-state index contributed by atoms with van der Waals surface area (Å²) in [5, 5.41) is 10.6. The fourth-order valence-electron chi connectivity index (χ4n) is 1.84. The quantitative estimate of drug-likeness (QED) is 0.475. The van der Waals surface area contributed by atoms with Crippen molar-refractivity contribution >= 4 is 12.0 Å². The van der Waals surface area contributed by atoms with Gasteiger partial charge in [-0.2, -0.15) is 0 Å². The Morgan fingerprint density at radius 2 is 2.05 bits per heavy atom. The number of rotatable bonds is 5. The van der Waals surface area contributed by atoms with Crippen molar-refractivity contribution < 1.29 is 14.5 Å². The molecule has 0 fully saturated rings. The predicted octanol–water partition coefficient (Wildman–Crippen LogP) is 3.29. The van der Waals surface area contributed by atoms with E-state index in [1.54, 1.807) is 0 Å². The van der Waals surface area contributed by atoms with Crippen LogP contribution in [0.5, 0.6) is 5.75 Å². The highest BCUT2D eigenvalue weighted by molar-refractivity contribution is 5.80. The molecule has 0 bridgehead atoms. The van der Waals surface area contributed by atoms with Crippen LogP contribution in [-0.4, -0.2) is 11.2 Å². The molecular formula is C15H13NO4. The first kappa shape index (κ1) is 13.7. The van der Waals surface area contributed by atoms with Crippen molar-refractivity contribution in [3.63, 3.8) is 0 Å². The molecule has 0 unspecified atom stereocenters. The molecule has 0 heterocycles. The fraction of sp³-hybridized carbons (Fsp3) is 0.133. The number of hydrogen-bond donors (Lipinski definition) is 0. The molecule has 102 valence electrons. The van der Waals surface area contributed by atoms with E-state index in [4.69, 9.17) is 4.74 Å². The Hall–Kier alpha value is -2.69. The Morgan fingerprint density at radius 1 is 1.25 bits per heavy atom. The predicted molar refractivity (Wildman–Crippen MR) is 74.0 cm³/mol. The number of aryl methyl sites for hydroxylation is 1. The molecule has 2 aromatic rings. The van der Waals surface area contributed by atoms with Crippen LogP contribution in [0.3, 0.4) is 0 Å². The Labute approximate surface area is 116 Å². The second kappa shape index (κ2) is 5.97. The first-order valence-electron chi connectivity index (χ1n) is 6.02. The van der Waals surface area contributed by atoms with Crippen LogP contribution in [-0.2, 0) is 6.61 Å². The van der Waals surface area contributed by atoms with Crippen LogP contribution in [0.2, 0.25) is 0 Å². The second-order valence-corrected chi connectivity index (χ2v) is 4.37. The Balaban J connectivity index is 2.17. The molecule has 0 aliphatic heterocycles. The fourth-order valence-corrected chi connectivity index (χ4v) is 1.84. The summed E-state index contributed by atoms with van der Waals surface area (Å²) >= 11 is 0. The van der Waals surface area contributed by atoms with Gasteiger partial charge >= 0.3 is 0 Å². The van der Waals surface area contributed by atoms with E-state index in [2.05, 4.69) is 0 Å². The Bertz CT molecular complexity index is 652. The number of carbonyl (C=O) groups is 1. The van der Waals surface area contributed by atoms with Crippen molar-refractivity contribution in [1.29, 1.82) is 0 Å². The standard InChI is InChI=1S/C15H13NO4/c1-11-3-2-4-12(7-11)10-20-15-6-5-14(16(18)19)8-13(15)9-17/h2-9H,10H2,1H3. The van der Waals surface area contributed by atoms with E-state index in [0.29, 0.717) is 18.6 Å². The normalized spacial score (nSPS) is 10.1. The van der Waals surface area contributed by atoms with E-state index in [0.717, 1.165) is 11.1 Å². The number of nitrogens with zero attached hydrogens (tertiary/aromatic N) is 1. The average Bonchev–Trinajstić information content (AvgIpc) is 2.45. The van der Waals surface area contributed by atoms with Crippen LogP contribution in [0.25, 0.3) is 0 Å². The van der Waals surface area contributed by atoms with Crippen LogP contribution < -0.4 is 4.74 Å². The summed E-state index contributed by atoms with van der Waals surface area (Å²) in [5.41, 5.74) is 2.13. The van der Waals surface area contributed by atoms with Gasteiger partial charge in [0.2, 0.25) is 0 Å². The minimum absolute atomic E-state index is 0.130. The minimum Gasteiger partial charge on any atom is -0.488 e. The molecule has 0 aliphatic rings. The van der Waals surface area contributed by atoms with Crippen molar-refractivity contribution in [2.24, 2.45) is 0 Å². The second-order valence-electron chi connectivity index (χ2n) is 4.37. The van der Waals surface area contributed by atoms with E-state index in [1.165, 1.54) is 18.2 Å².